The molecule has 1 N–H and O–H groups in total. The van der Waals surface area contributed by atoms with Crippen molar-refractivity contribution in [3.05, 3.63) is 24.3 Å². The average Bonchev–Trinajstić information content (AvgIpc) is 2.38. The summed E-state index contributed by atoms with van der Waals surface area (Å²) in [5, 5.41) is 3.34. The van der Waals surface area contributed by atoms with Crippen LogP contribution in [0.15, 0.2) is 29.2 Å². The Morgan fingerprint density at radius 1 is 1.25 bits per heavy atom. The van der Waals surface area contributed by atoms with Crippen molar-refractivity contribution in [1.82, 2.24) is 5.32 Å². The lowest BCUT2D eigenvalue weighted by atomic mass is 10.2. The van der Waals surface area contributed by atoms with Crippen LogP contribution in [0, 0.1) is 0 Å². The molecular weight excluding hydrogens is 274 g/mol. The molecule has 0 heterocycles. The molecule has 0 saturated heterocycles. The van der Waals surface area contributed by atoms with Crippen molar-refractivity contribution < 1.29 is 13.2 Å². The van der Waals surface area contributed by atoms with Gasteiger partial charge < -0.3 is 10.1 Å². The Morgan fingerprint density at radius 2 is 2.00 bits per heavy atom. The fourth-order valence-electron chi connectivity index (χ4n) is 1.94. The maximum atomic E-state index is 11.5. The van der Waals surface area contributed by atoms with E-state index >= 15 is 0 Å². The van der Waals surface area contributed by atoms with Gasteiger partial charge in [0, 0.05) is 12.8 Å². The molecule has 1 rings (SSSR count). The summed E-state index contributed by atoms with van der Waals surface area (Å²) in [4.78, 5) is 0.298. The number of rotatable bonds is 9. The van der Waals surface area contributed by atoms with Crippen LogP contribution in [0.5, 0.6) is 5.75 Å². The van der Waals surface area contributed by atoms with Crippen LogP contribution in [0.3, 0.4) is 0 Å². The molecule has 1 aromatic rings. The highest BCUT2D eigenvalue weighted by molar-refractivity contribution is 7.90. The first-order valence-corrected chi connectivity index (χ1v) is 9.04. The van der Waals surface area contributed by atoms with Gasteiger partial charge in [0.2, 0.25) is 0 Å². The van der Waals surface area contributed by atoms with Crippen molar-refractivity contribution in [3.63, 3.8) is 0 Å². The third-order valence-corrected chi connectivity index (χ3v) is 4.06. The van der Waals surface area contributed by atoms with E-state index in [1.807, 2.05) is 0 Å². The van der Waals surface area contributed by atoms with Gasteiger partial charge in [-0.15, -0.1) is 0 Å². The monoisotopic (exact) mass is 299 g/mol. The number of hydrogen-bond acceptors (Lipinski definition) is 4. The lowest BCUT2D eigenvalue weighted by molar-refractivity contribution is 0.186. The van der Waals surface area contributed by atoms with Crippen LogP contribution in [-0.4, -0.2) is 33.9 Å². The van der Waals surface area contributed by atoms with Crippen molar-refractivity contribution in [1.29, 1.82) is 0 Å². The quantitative estimate of drug-likeness (QED) is 0.712. The normalized spacial score (nSPS) is 13.2. The summed E-state index contributed by atoms with van der Waals surface area (Å²) in [5.74, 6) is 0.615. The molecule has 0 radical (unpaired) electrons. The van der Waals surface area contributed by atoms with Gasteiger partial charge in [-0.3, -0.25) is 0 Å². The van der Waals surface area contributed by atoms with Crippen molar-refractivity contribution in [2.45, 2.75) is 44.1 Å². The first kappa shape index (κ1) is 17.0. The van der Waals surface area contributed by atoms with E-state index < -0.39 is 9.84 Å². The van der Waals surface area contributed by atoms with Crippen molar-refractivity contribution >= 4 is 9.84 Å². The molecule has 20 heavy (non-hydrogen) atoms. The number of ether oxygens (including phenoxy) is 1. The van der Waals surface area contributed by atoms with E-state index in [0.29, 0.717) is 10.6 Å². The fraction of sp³-hybridized carbons (Fsp3) is 0.600. The lowest BCUT2D eigenvalue weighted by Crippen LogP contribution is -2.31. The highest BCUT2D eigenvalue weighted by Crippen LogP contribution is 2.19. The van der Waals surface area contributed by atoms with Crippen molar-refractivity contribution in [2.75, 3.05) is 19.3 Å². The molecule has 1 atom stereocenters. The number of benzene rings is 1. The minimum Gasteiger partial charge on any atom is -0.489 e. The van der Waals surface area contributed by atoms with Crippen molar-refractivity contribution in [2.24, 2.45) is 0 Å². The topological polar surface area (TPSA) is 55.4 Å². The zero-order valence-electron chi connectivity index (χ0n) is 12.6. The standard InChI is InChI=1S/C15H25NO3S/c1-4-7-14(12-16-10-5-2)19-13-8-6-9-15(11-13)20(3,17)18/h6,8-9,11,14,16H,4-5,7,10,12H2,1-3H3. The number of sulfone groups is 1. The molecule has 0 aliphatic heterocycles. The van der Waals surface area contributed by atoms with Crippen LogP contribution in [0.4, 0.5) is 0 Å². The first-order valence-electron chi connectivity index (χ1n) is 7.14. The van der Waals surface area contributed by atoms with E-state index in [1.165, 1.54) is 6.26 Å². The van der Waals surface area contributed by atoms with E-state index in [1.54, 1.807) is 24.3 Å². The summed E-state index contributed by atoms with van der Waals surface area (Å²) in [6.45, 7) is 5.99. The van der Waals surface area contributed by atoms with Gasteiger partial charge in [-0.05, 0) is 37.6 Å². The van der Waals surface area contributed by atoms with Crippen LogP contribution < -0.4 is 10.1 Å². The van der Waals surface area contributed by atoms with Crippen LogP contribution in [0.1, 0.15) is 33.1 Å². The summed E-state index contributed by atoms with van der Waals surface area (Å²) < 4.78 is 29.0. The lowest BCUT2D eigenvalue weighted by Gasteiger charge is -2.19. The third kappa shape index (κ3) is 5.92. The molecule has 0 aliphatic rings. The summed E-state index contributed by atoms with van der Waals surface area (Å²) in [6.07, 6.45) is 4.34. The summed E-state index contributed by atoms with van der Waals surface area (Å²) in [5.41, 5.74) is 0. The highest BCUT2D eigenvalue weighted by Gasteiger charge is 2.12. The zero-order chi connectivity index (χ0) is 15.0. The predicted molar refractivity (Wildman–Crippen MR) is 82.0 cm³/mol. The Kier molecular flexibility index (Phi) is 7.02. The van der Waals surface area contributed by atoms with E-state index in [2.05, 4.69) is 19.2 Å². The molecule has 5 heteroatoms. The average molecular weight is 299 g/mol. The summed E-state index contributed by atoms with van der Waals surface area (Å²) in [6, 6.07) is 6.70. The van der Waals surface area contributed by atoms with Gasteiger partial charge in [-0.1, -0.05) is 26.3 Å². The predicted octanol–water partition coefficient (Wildman–Crippen LogP) is 2.64. The number of hydrogen-bond donors (Lipinski definition) is 1. The second kappa shape index (κ2) is 8.27. The second-order valence-electron chi connectivity index (χ2n) is 4.98. The van der Waals surface area contributed by atoms with Gasteiger partial charge in [-0.25, -0.2) is 8.42 Å². The Morgan fingerprint density at radius 3 is 2.60 bits per heavy atom. The van der Waals surface area contributed by atoms with Gasteiger partial charge in [0.05, 0.1) is 4.90 Å². The second-order valence-corrected chi connectivity index (χ2v) is 7.00. The molecule has 0 bridgehead atoms. The molecule has 0 saturated carbocycles. The molecule has 0 amide bonds. The van der Waals surface area contributed by atoms with Crippen LogP contribution in [-0.2, 0) is 9.84 Å². The molecule has 0 spiro atoms. The van der Waals surface area contributed by atoms with Crippen LogP contribution in [0.25, 0.3) is 0 Å². The van der Waals surface area contributed by atoms with Crippen LogP contribution >= 0.6 is 0 Å². The molecule has 4 nitrogen and oxygen atoms in total. The molecule has 114 valence electrons. The Bertz CT molecular complexity index is 500. The zero-order valence-corrected chi connectivity index (χ0v) is 13.4. The fourth-order valence-corrected chi connectivity index (χ4v) is 2.59. The largest absolute Gasteiger partial charge is 0.489 e. The van der Waals surface area contributed by atoms with Gasteiger partial charge in [-0.2, -0.15) is 0 Å². The third-order valence-electron chi connectivity index (χ3n) is 2.95. The minimum atomic E-state index is -3.19. The van der Waals surface area contributed by atoms with E-state index in [4.69, 9.17) is 4.74 Å². The Balaban J connectivity index is 2.72. The summed E-state index contributed by atoms with van der Waals surface area (Å²) >= 11 is 0. The Hall–Kier alpha value is -1.07. The van der Waals surface area contributed by atoms with E-state index in [9.17, 15) is 8.42 Å². The number of nitrogens with one attached hydrogen (secondary N) is 1. The highest BCUT2D eigenvalue weighted by atomic mass is 32.2. The van der Waals surface area contributed by atoms with E-state index in [-0.39, 0.29) is 6.10 Å². The molecule has 0 aromatic heterocycles. The van der Waals surface area contributed by atoms with Crippen LogP contribution in [0.2, 0.25) is 0 Å². The van der Waals surface area contributed by atoms with E-state index in [0.717, 1.165) is 32.4 Å². The van der Waals surface area contributed by atoms with Gasteiger partial charge in [0.15, 0.2) is 9.84 Å². The van der Waals surface area contributed by atoms with Gasteiger partial charge in [0.1, 0.15) is 11.9 Å². The smallest absolute Gasteiger partial charge is 0.175 e. The molecule has 0 fully saturated rings. The summed E-state index contributed by atoms with van der Waals surface area (Å²) in [7, 11) is -3.19. The molecule has 1 unspecified atom stereocenters. The molecular formula is C15H25NO3S. The molecule has 1 aromatic carbocycles. The minimum absolute atomic E-state index is 0.0707. The Labute approximate surface area is 122 Å². The SMILES string of the molecule is CCCNCC(CCC)Oc1cccc(S(C)(=O)=O)c1. The first-order chi connectivity index (χ1) is 9.47. The maximum Gasteiger partial charge on any atom is 0.175 e. The van der Waals surface area contributed by atoms with Gasteiger partial charge in [0.25, 0.3) is 0 Å². The molecule has 0 aliphatic carbocycles. The van der Waals surface area contributed by atoms with Gasteiger partial charge >= 0.3 is 0 Å². The maximum absolute atomic E-state index is 11.5. The van der Waals surface area contributed by atoms with Crippen molar-refractivity contribution in [3.8, 4) is 5.75 Å².